The zero-order chi connectivity index (χ0) is 25.4. The molecule has 0 radical (unpaired) electrons. The number of carbonyl (C=O) groups is 3. The molecular formula is C27H22ClF2N3O3. The number of rotatable bonds is 5. The predicted molar refractivity (Wildman–Crippen MR) is 132 cm³/mol. The third kappa shape index (κ3) is 4.62. The van der Waals surface area contributed by atoms with Crippen LogP contribution >= 0.6 is 11.6 Å². The number of ketones is 1. The van der Waals surface area contributed by atoms with Crippen molar-refractivity contribution in [2.75, 3.05) is 36.0 Å². The predicted octanol–water partition coefficient (Wildman–Crippen LogP) is 4.30. The number of piperazine rings is 1. The normalized spacial score (nSPS) is 18.7. The molecule has 3 aromatic rings. The van der Waals surface area contributed by atoms with Gasteiger partial charge in [-0.3, -0.25) is 19.3 Å². The van der Waals surface area contributed by atoms with E-state index in [1.165, 1.54) is 36.4 Å². The van der Waals surface area contributed by atoms with Crippen LogP contribution in [0.2, 0.25) is 5.02 Å². The lowest BCUT2D eigenvalue weighted by Gasteiger charge is -2.38. The van der Waals surface area contributed by atoms with Crippen LogP contribution < -0.4 is 9.80 Å². The highest BCUT2D eigenvalue weighted by atomic mass is 35.5. The number of nitrogens with zero attached hydrogens (tertiary/aromatic N) is 3. The van der Waals surface area contributed by atoms with Crippen molar-refractivity contribution < 1.29 is 23.2 Å². The Labute approximate surface area is 211 Å². The van der Waals surface area contributed by atoms with Gasteiger partial charge in [-0.15, -0.1) is 0 Å². The summed E-state index contributed by atoms with van der Waals surface area (Å²) < 4.78 is 26.6. The molecule has 2 aliphatic rings. The summed E-state index contributed by atoms with van der Waals surface area (Å²) in [6, 6.07) is 15.9. The molecule has 6 nitrogen and oxygen atoms in total. The molecule has 3 aromatic carbocycles. The maximum absolute atomic E-state index is 13.5. The van der Waals surface area contributed by atoms with Crippen molar-refractivity contribution >= 4 is 40.6 Å². The van der Waals surface area contributed by atoms with Gasteiger partial charge in [-0.05, 0) is 66.7 Å². The summed E-state index contributed by atoms with van der Waals surface area (Å²) >= 11 is 5.84. The highest BCUT2D eigenvalue weighted by Crippen LogP contribution is 2.30. The van der Waals surface area contributed by atoms with Crippen LogP contribution in [0.5, 0.6) is 0 Å². The third-order valence-electron chi connectivity index (χ3n) is 6.64. The molecule has 0 unspecified atom stereocenters. The fourth-order valence-electron chi connectivity index (χ4n) is 4.68. The summed E-state index contributed by atoms with van der Waals surface area (Å²) in [5.74, 6) is -1.85. The Morgan fingerprint density at radius 3 is 2.00 bits per heavy atom. The van der Waals surface area contributed by atoms with Gasteiger partial charge in [0.1, 0.15) is 11.6 Å². The van der Waals surface area contributed by atoms with Gasteiger partial charge >= 0.3 is 0 Å². The number of halogens is 3. The quantitative estimate of drug-likeness (QED) is 0.379. The lowest BCUT2D eigenvalue weighted by Crippen LogP contribution is -2.52. The Balaban J connectivity index is 1.21. The maximum Gasteiger partial charge on any atom is 0.251 e. The number of imide groups is 1. The lowest BCUT2D eigenvalue weighted by molar-refractivity contribution is -0.123. The van der Waals surface area contributed by atoms with Crippen molar-refractivity contribution in [1.82, 2.24) is 4.90 Å². The summed E-state index contributed by atoms with van der Waals surface area (Å²) in [6.07, 6.45) is 0.0635. The smallest absolute Gasteiger partial charge is 0.251 e. The first-order valence-corrected chi connectivity index (χ1v) is 11.9. The Morgan fingerprint density at radius 2 is 1.39 bits per heavy atom. The average molecular weight is 510 g/mol. The number of benzene rings is 3. The highest BCUT2D eigenvalue weighted by Gasteiger charge is 2.43. The van der Waals surface area contributed by atoms with E-state index in [2.05, 4.69) is 4.90 Å². The molecule has 0 bridgehead atoms. The number of carbonyl (C=O) groups excluding carboxylic acids is 3. The molecule has 0 aliphatic carbocycles. The molecular weight excluding hydrogens is 488 g/mol. The zero-order valence-corrected chi connectivity index (χ0v) is 19.9. The molecule has 1 atom stereocenters. The molecule has 2 amide bonds. The van der Waals surface area contributed by atoms with Crippen LogP contribution in [-0.4, -0.2) is 54.7 Å². The Hall–Kier alpha value is -3.62. The van der Waals surface area contributed by atoms with Gasteiger partial charge in [0.25, 0.3) is 5.91 Å². The number of hydrogen-bond acceptors (Lipinski definition) is 5. The zero-order valence-electron chi connectivity index (χ0n) is 19.2. The molecule has 9 heteroatoms. The van der Waals surface area contributed by atoms with Gasteiger partial charge in [0.05, 0.1) is 23.2 Å². The Kier molecular flexibility index (Phi) is 6.55. The Bertz CT molecular complexity index is 1320. The van der Waals surface area contributed by atoms with Gasteiger partial charge < -0.3 is 4.90 Å². The topological polar surface area (TPSA) is 60.9 Å². The monoisotopic (exact) mass is 509 g/mol. The van der Waals surface area contributed by atoms with E-state index in [4.69, 9.17) is 11.6 Å². The summed E-state index contributed by atoms with van der Waals surface area (Å²) in [5.41, 5.74) is 2.15. The van der Waals surface area contributed by atoms with Crippen LogP contribution in [0.25, 0.3) is 0 Å². The van der Waals surface area contributed by atoms with Crippen molar-refractivity contribution in [2.45, 2.75) is 12.5 Å². The van der Waals surface area contributed by atoms with Crippen LogP contribution in [0.4, 0.5) is 20.2 Å². The van der Waals surface area contributed by atoms with E-state index in [-0.39, 0.29) is 34.7 Å². The van der Waals surface area contributed by atoms with Crippen LogP contribution in [0.1, 0.15) is 22.3 Å². The van der Waals surface area contributed by atoms with Gasteiger partial charge in [0.15, 0.2) is 5.78 Å². The van der Waals surface area contributed by atoms with Gasteiger partial charge in [0, 0.05) is 43.0 Å². The first-order valence-electron chi connectivity index (χ1n) is 11.5. The van der Waals surface area contributed by atoms with Gasteiger partial charge in [-0.25, -0.2) is 13.7 Å². The van der Waals surface area contributed by atoms with E-state index in [1.54, 1.807) is 12.1 Å². The minimum absolute atomic E-state index is 0.0635. The second-order valence-electron chi connectivity index (χ2n) is 8.79. The highest BCUT2D eigenvalue weighted by molar-refractivity contribution is 6.31. The average Bonchev–Trinajstić information content (AvgIpc) is 3.19. The van der Waals surface area contributed by atoms with Crippen molar-refractivity contribution in [3.63, 3.8) is 0 Å². The van der Waals surface area contributed by atoms with Gasteiger partial charge in [0.2, 0.25) is 5.91 Å². The first-order chi connectivity index (χ1) is 17.3. The van der Waals surface area contributed by atoms with Crippen LogP contribution in [0, 0.1) is 11.6 Å². The fourth-order valence-corrected chi connectivity index (χ4v) is 4.85. The summed E-state index contributed by atoms with van der Waals surface area (Å²) in [7, 11) is 0. The van der Waals surface area contributed by atoms with Gasteiger partial charge in [-0.1, -0.05) is 11.6 Å². The standard InChI is InChI=1S/C27H22ClF2N3O3/c28-22-15-21(9-10-23(22)30)33-25(34)16-24(27(33)36)32-13-11-31(12-14-32)20-7-3-18(4-8-20)26(35)17-1-5-19(29)6-2-17/h1-10,15,24H,11-14,16H2/t24-/m0/s1. The molecule has 0 spiro atoms. The summed E-state index contributed by atoms with van der Waals surface area (Å²) in [4.78, 5) is 43.5. The molecule has 0 N–H and O–H groups in total. The molecule has 184 valence electrons. The molecule has 2 heterocycles. The molecule has 0 aromatic heterocycles. The van der Waals surface area contributed by atoms with Crippen LogP contribution in [-0.2, 0) is 9.59 Å². The third-order valence-corrected chi connectivity index (χ3v) is 6.93. The van der Waals surface area contributed by atoms with Crippen molar-refractivity contribution in [3.05, 3.63) is 94.5 Å². The molecule has 5 rings (SSSR count). The van der Waals surface area contributed by atoms with E-state index in [0.717, 1.165) is 16.7 Å². The second kappa shape index (κ2) is 9.79. The lowest BCUT2D eigenvalue weighted by atomic mass is 10.0. The number of amides is 2. The maximum atomic E-state index is 13.5. The van der Waals surface area contributed by atoms with E-state index < -0.39 is 17.7 Å². The van der Waals surface area contributed by atoms with Crippen LogP contribution in [0.3, 0.4) is 0 Å². The Morgan fingerprint density at radius 1 is 0.806 bits per heavy atom. The largest absolute Gasteiger partial charge is 0.369 e. The molecule has 2 fully saturated rings. The van der Waals surface area contributed by atoms with Crippen molar-refractivity contribution in [3.8, 4) is 0 Å². The number of hydrogen-bond donors (Lipinski definition) is 0. The molecule has 0 saturated carbocycles. The van der Waals surface area contributed by atoms with E-state index in [9.17, 15) is 23.2 Å². The van der Waals surface area contributed by atoms with Crippen molar-refractivity contribution in [2.24, 2.45) is 0 Å². The molecule has 2 aliphatic heterocycles. The van der Waals surface area contributed by atoms with Gasteiger partial charge in [-0.2, -0.15) is 0 Å². The van der Waals surface area contributed by atoms with E-state index >= 15 is 0 Å². The molecule has 36 heavy (non-hydrogen) atoms. The van der Waals surface area contributed by atoms with Crippen molar-refractivity contribution in [1.29, 1.82) is 0 Å². The van der Waals surface area contributed by atoms with Crippen LogP contribution in [0.15, 0.2) is 66.7 Å². The van der Waals surface area contributed by atoms with E-state index in [1.807, 2.05) is 17.0 Å². The second-order valence-corrected chi connectivity index (χ2v) is 9.20. The SMILES string of the molecule is O=C(c1ccc(F)cc1)c1ccc(N2CCN([C@H]3CC(=O)N(c4ccc(F)c(Cl)c4)C3=O)CC2)cc1. The number of anilines is 2. The van der Waals surface area contributed by atoms with E-state index in [0.29, 0.717) is 37.3 Å². The first kappa shape index (κ1) is 24.1. The summed E-state index contributed by atoms with van der Waals surface area (Å²) in [6.45, 7) is 2.45. The minimum Gasteiger partial charge on any atom is -0.369 e. The fraction of sp³-hybridized carbons (Fsp3) is 0.222. The summed E-state index contributed by atoms with van der Waals surface area (Å²) in [5, 5.41) is -0.143. The molecule has 2 saturated heterocycles. The minimum atomic E-state index is -0.611.